The number of hydrogen-bond acceptors (Lipinski definition) is 3. The summed E-state index contributed by atoms with van der Waals surface area (Å²) in [6.07, 6.45) is -0.336. The van der Waals surface area contributed by atoms with E-state index in [9.17, 15) is 18.0 Å². The van der Waals surface area contributed by atoms with Crippen LogP contribution < -0.4 is 5.32 Å². The van der Waals surface area contributed by atoms with Crippen molar-refractivity contribution in [3.8, 4) is 0 Å². The molecular weight excluding hydrogens is 309 g/mol. The van der Waals surface area contributed by atoms with E-state index in [1.807, 2.05) is 12.1 Å². The summed E-state index contributed by atoms with van der Waals surface area (Å²) in [6.45, 7) is 1.71. The van der Waals surface area contributed by atoms with E-state index in [2.05, 4.69) is 14.7 Å². The molecule has 1 amide bonds. The first-order valence-electron chi connectivity index (χ1n) is 7.22. The van der Waals surface area contributed by atoms with Gasteiger partial charge >= 0.3 is 6.18 Å². The van der Waals surface area contributed by atoms with Crippen molar-refractivity contribution < 1.29 is 22.4 Å². The van der Waals surface area contributed by atoms with Gasteiger partial charge in [-0.05, 0) is 42.9 Å². The fourth-order valence-electron chi connectivity index (χ4n) is 2.69. The minimum absolute atomic E-state index is 0.0575. The Bertz CT molecular complexity index is 710. The number of hydrogen-bond donors (Lipinski definition) is 1. The normalized spacial score (nSPS) is 20.3. The van der Waals surface area contributed by atoms with Gasteiger partial charge in [-0.2, -0.15) is 13.2 Å². The van der Waals surface area contributed by atoms with Gasteiger partial charge in [0, 0.05) is 18.9 Å². The second-order valence-electron chi connectivity index (χ2n) is 5.70. The highest BCUT2D eigenvalue weighted by Gasteiger charge is 2.41. The second-order valence-corrected chi connectivity index (χ2v) is 5.70. The molecule has 0 aliphatic heterocycles. The molecule has 7 heteroatoms. The number of halogens is 3. The van der Waals surface area contributed by atoms with Gasteiger partial charge in [-0.15, -0.1) is 0 Å². The lowest BCUT2D eigenvalue weighted by Gasteiger charge is -2.07. The van der Waals surface area contributed by atoms with Crippen molar-refractivity contribution in [3.05, 3.63) is 53.2 Å². The third-order valence-electron chi connectivity index (χ3n) is 3.92. The minimum atomic E-state index is -4.68. The Morgan fingerprint density at radius 1 is 1.48 bits per heavy atom. The maximum Gasteiger partial charge on any atom is 0.450 e. The predicted molar refractivity (Wildman–Crippen MR) is 75.9 cm³/mol. The Hall–Kier alpha value is -2.31. The summed E-state index contributed by atoms with van der Waals surface area (Å²) >= 11 is 0. The molecule has 1 saturated carbocycles. The molecule has 1 fully saturated rings. The molecule has 0 spiro atoms. The molecule has 2 aromatic heterocycles. The number of rotatable bonds is 4. The van der Waals surface area contributed by atoms with Crippen molar-refractivity contribution in [2.75, 3.05) is 6.54 Å². The number of nitrogens with zero attached hydrogens (tertiary/aromatic N) is 1. The van der Waals surface area contributed by atoms with Crippen molar-refractivity contribution in [2.45, 2.75) is 25.4 Å². The molecular formula is C16H15F3N2O2. The van der Waals surface area contributed by atoms with Crippen LogP contribution >= 0.6 is 0 Å². The third-order valence-corrected chi connectivity index (χ3v) is 3.92. The van der Waals surface area contributed by atoms with Gasteiger partial charge in [-0.25, -0.2) is 0 Å². The zero-order valence-corrected chi connectivity index (χ0v) is 12.4. The van der Waals surface area contributed by atoms with Crippen molar-refractivity contribution in [2.24, 2.45) is 5.92 Å². The average Bonchev–Trinajstić information content (AvgIpc) is 3.17. The Morgan fingerprint density at radius 3 is 2.91 bits per heavy atom. The third kappa shape index (κ3) is 3.38. The summed E-state index contributed by atoms with van der Waals surface area (Å²) in [7, 11) is 0. The molecule has 2 atom stereocenters. The van der Waals surface area contributed by atoms with Gasteiger partial charge in [-0.1, -0.05) is 6.07 Å². The number of aromatic nitrogens is 1. The predicted octanol–water partition coefficient (Wildman–Crippen LogP) is 3.54. The highest BCUT2D eigenvalue weighted by atomic mass is 19.4. The van der Waals surface area contributed by atoms with E-state index >= 15 is 0 Å². The zero-order chi connectivity index (χ0) is 16.6. The SMILES string of the molecule is Cc1cc(C(=O)NC[C@@H]2C[C@H]2c2cccnc2)c(C(F)(F)F)o1. The quantitative estimate of drug-likeness (QED) is 0.936. The summed E-state index contributed by atoms with van der Waals surface area (Å²) in [5, 5.41) is 2.57. The summed E-state index contributed by atoms with van der Waals surface area (Å²) in [6, 6.07) is 4.91. The van der Waals surface area contributed by atoms with Crippen molar-refractivity contribution in [1.29, 1.82) is 0 Å². The molecule has 1 N–H and O–H groups in total. The lowest BCUT2D eigenvalue weighted by Crippen LogP contribution is -2.27. The lowest BCUT2D eigenvalue weighted by atomic mass is 10.1. The van der Waals surface area contributed by atoms with Crippen LogP contribution in [0, 0.1) is 12.8 Å². The summed E-state index contributed by atoms with van der Waals surface area (Å²) in [5.74, 6) is -1.41. The first kappa shape index (κ1) is 15.6. The molecule has 122 valence electrons. The van der Waals surface area contributed by atoms with Crippen LogP contribution in [0.2, 0.25) is 0 Å². The standard InChI is InChI=1S/C16H15F3N2O2/c1-9-5-13(14(23-9)16(17,18)19)15(22)21-8-11-6-12(11)10-3-2-4-20-7-10/h2-5,7,11-12H,6,8H2,1H3,(H,21,22)/t11-,12-/m0/s1. The number of pyridine rings is 1. The van der Waals surface area contributed by atoms with Crippen molar-refractivity contribution in [1.82, 2.24) is 10.3 Å². The van der Waals surface area contributed by atoms with Gasteiger partial charge in [0.2, 0.25) is 5.76 Å². The van der Waals surface area contributed by atoms with E-state index in [0.717, 1.165) is 18.1 Å². The molecule has 0 bridgehead atoms. The Balaban J connectivity index is 1.61. The van der Waals surface area contributed by atoms with Crippen molar-refractivity contribution in [3.63, 3.8) is 0 Å². The molecule has 2 aromatic rings. The van der Waals surface area contributed by atoms with Crippen LogP contribution in [0.3, 0.4) is 0 Å². The monoisotopic (exact) mass is 324 g/mol. The second kappa shape index (κ2) is 5.72. The maximum atomic E-state index is 12.8. The highest BCUT2D eigenvalue weighted by Crippen LogP contribution is 2.46. The number of carbonyl (C=O) groups is 1. The number of aryl methyl sites for hydroxylation is 1. The van der Waals surface area contributed by atoms with Crippen LogP contribution in [-0.4, -0.2) is 17.4 Å². The Kier molecular flexibility index (Phi) is 3.87. The van der Waals surface area contributed by atoms with E-state index in [-0.39, 0.29) is 11.7 Å². The molecule has 2 heterocycles. The van der Waals surface area contributed by atoms with E-state index < -0.39 is 23.4 Å². The number of nitrogens with one attached hydrogen (secondary N) is 1. The minimum Gasteiger partial charge on any atom is -0.456 e. The van der Waals surface area contributed by atoms with E-state index in [1.54, 1.807) is 12.4 Å². The molecule has 0 radical (unpaired) electrons. The molecule has 4 nitrogen and oxygen atoms in total. The Morgan fingerprint density at radius 2 is 2.26 bits per heavy atom. The van der Waals surface area contributed by atoms with Gasteiger partial charge in [0.15, 0.2) is 0 Å². The van der Waals surface area contributed by atoms with E-state index in [0.29, 0.717) is 12.5 Å². The zero-order valence-electron chi connectivity index (χ0n) is 12.4. The lowest BCUT2D eigenvalue weighted by molar-refractivity contribution is -0.153. The van der Waals surface area contributed by atoms with Crippen LogP contribution in [0.1, 0.15) is 39.8 Å². The molecule has 1 aliphatic carbocycles. The summed E-state index contributed by atoms with van der Waals surface area (Å²) in [4.78, 5) is 16.1. The molecule has 1 aliphatic rings. The van der Waals surface area contributed by atoms with Crippen LogP contribution in [0.4, 0.5) is 13.2 Å². The smallest absolute Gasteiger partial charge is 0.450 e. The van der Waals surface area contributed by atoms with Crippen LogP contribution in [-0.2, 0) is 6.18 Å². The van der Waals surface area contributed by atoms with Crippen LogP contribution in [0.5, 0.6) is 0 Å². The van der Waals surface area contributed by atoms with Gasteiger partial charge in [0.05, 0.1) is 5.56 Å². The molecule has 0 saturated heterocycles. The number of alkyl halides is 3. The summed E-state index contributed by atoms with van der Waals surface area (Å²) < 4.78 is 43.1. The first-order chi connectivity index (χ1) is 10.9. The van der Waals surface area contributed by atoms with E-state index in [1.165, 1.54) is 6.92 Å². The van der Waals surface area contributed by atoms with Crippen LogP contribution in [0.15, 0.2) is 35.0 Å². The van der Waals surface area contributed by atoms with E-state index in [4.69, 9.17) is 0 Å². The van der Waals surface area contributed by atoms with Gasteiger partial charge in [0.1, 0.15) is 5.76 Å². The molecule has 0 unspecified atom stereocenters. The van der Waals surface area contributed by atoms with Gasteiger partial charge < -0.3 is 9.73 Å². The largest absolute Gasteiger partial charge is 0.456 e. The van der Waals surface area contributed by atoms with Gasteiger partial charge in [-0.3, -0.25) is 9.78 Å². The van der Waals surface area contributed by atoms with Crippen molar-refractivity contribution >= 4 is 5.91 Å². The first-order valence-corrected chi connectivity index (χ1v) is 7.22. The maximum absolute atomic E-state index is 12.8. The van der Waals surface area contributed by atoms with Gasteiger partial charge in [0.25, 0.3) is 5.91 Å². The molecule has 3 rings (SSSR count). The Labute approximate surface area is 130 Å². The molecule has 0 aromatic carbocycles. The fourth-order valence-corrected chi connectivity index (χ4v) is 2.69. The summed E-state index contributed by atoms with van der Waals surface area (Å²) in [5.41, 5.74) is 0.621. The topological polar surface area (TPSA) is 55.1 Å². The highest BCUT2D eigenvalue weighted by molar-refractivity contribution is 5.95. The number of furan rings is 1. The fraction of sp³-hybridized carbons (Fsp3) is 0.375. The van der Waals surface area contributed by atoms with Crippen LogP contribution in [0.25, 0.3) is 0 Å². The number of amides is 1. The number of carbonyl (C=O) groups excluding carboxylic acids is 1. The molecule has 23 heavy (non-hydrogen) atoms. The average molecular weight is 324 g/mol.